The lowest BCUT2D eigenvalue weighted by atomic mass is 9.95. The molecule has 0 radical (unpaired) electrons. The van der Waals surface area contributed by atoms with Gasteiger partial charge in [0.1, 0.15) is 5.75 Å². The number of carbonyl (C=O) groups excluding carboxylic acids is 1. The van der Waals surface area contributed by atoms with Gasteiger partial charge in [-0.25, -0.2) is 0 Å². The van der Waals surface area contributed by atoms with Crippen LogP contribution in [0.5, 0.6) is 5.75 Å². The van der Waals surface area contributed by atoms with Gasteiger partial charge in [0.25, 0.3) is 0 Å². The third-order valence-electron chi connectivity index (χ3n) is 5.71. The Hall–Kier alpha value is -1.55. The summed E-state index contributed by atoms with van der Waals surface area (Å²) >= 11 is 0. The number of carbonyl (C=O) groups is 1. The van der Waals surface area contributed by atoms with Crippen molar-refractivity contribution in [3.63, 3.8) is 0 Å². The van der Waals surface area contributed by atoms with Crippen LogP contribution in [0.4, 0.5) is 0 Å². The van der Waals surface area contributed by atoms with Crippen LogP contribution in [-0.2, 0) is 4.79 Å². The summed E-state index contributed by atoms with van der Waals surface area (Å²) in [6.45, 7) is 8.81. The molecule has 2 unspecified atom stereocenters. The minimum atomic E-state index is -0.223. The van der Waals surface area contributed by atoms with Crippen molar-refractivity contribution in [2.45, 2.75) is 39.2 Å². The molecule has 0 spiro atoms. The van der Waals surface area contributed by atoms with Crippen LogP contribution in [0, 0.1) is 5.92 Å². The molecule has 1 aliphatic heterocycles. The summed E-state index contributed by atoms with van der Waals surface area (Å²) in [4.78, 5) is 20.5. The van der Waals surface area contributed by atoms with Gasteiger partial charge in [0.2, 0.25) is 5.91 Å². The number of benzene rings is 1. The van der Waals surface area contributed by atoms with E-state index in [1.807, 2.05) is 19.2 Å². The molecule has 3 N–H and O–H groups in total. The maximum absolute atomic E-state index is 11.3. The highest BCUT2D eigenvalue weighted by atomic mass is 127. The fourth-order valence-corrected chi connectivity index (χ4v) is 4.20. The number of amides is 1. The highest BCUT2D eigenvalue weighted by molar-refractivity contribution is 14.0. The summed E-state index contributed by atoms with van der Waals surface area (Å²) < 4.78 is 5.43. The number of nitrogens with one attached hydrogen (secondary N) is 1. The number of piperidine rings is 1. The molecule has 1 aliphatic rings. The van der Waals surface area contributed by atoms with Gasteiger partial charge in [-0.15, -0.1) is 24.0 Å². The van der Waals surface area contributed by atoms with Gasteiger partial charge < -0.3 is 20.7 Å². The van der Waals surface area contributed by atoms with Crippen molar-refractivity contribution in [1.82, 2.24) is 15.1 Å². The number of hydrogen-bond acceptors (Lipinski definition) is 4. The maximum Gasteiger partial charge on any atom is 0.217 e. The second kappa shape index (κ2) is 13.7. The van der Waals surface area contributed by atoms with E-state index in [4.69, 9.17) is 10.5 Å². The number of likely N-dealkylation sites (tertiary alicyclic amines) is 1. The van der Waals surface area contributed by atoms with Crippen molar-refractivity contribution in [3.05, 3.63) is 29.8 Å². The van der Waals surface area contributed by atoms with Crippen molar-refractivity contribution in [3.8, 4) is 5.75 Å². The molecule has 0 bridgehead atoms. The SMILES string of the molecule is CCN(CC)C(CNC(=NC)N1CCCC(CC(N)=O)C1)c1cccc(OC)c1.I. The zero-order valence-electron chi connectivity index (χ0n) is 18.8. The lowest BCUT2D eigenvalue weighted by Crippen LogP contribution is -2.49. The third kappa shape index (κ3) is 7.61. The highest BCUT2D eigenvalue weighted by Gasteiger charge is 2.25. The number of primary amides is 1. The Morgan fingerprint density at radius 1 is 1.40 bits per heavy atom. The molecule has 1 heterocycles. The number of likely N-dealkylation sites (N-methyl/N-ethyl adjacent to an activating group) is 1. The molecule has 170 valence electrons. The third-order valence-corrected chi connectivity index (χ3v) is 5.71. The summed E-state index contributed by atoms with van der Waals surface area (Å²) in [5.41, 5.74) is 6.63. The van der Waals surface area contributed by atoms with E-state index in [-0.39, 0.29) is 35.9 Å². The first-order valence-electron chi connectivity index (χ1n) is 10.6. The van der Waals surface area contributed by atoms with Crippen LogP contribution >= 0.6 is 24.0 Å². The summed E-state index contributed by atoms with van der Waals surface area (Å²) in [5.74, 6) is 1.84. The lowest BCUT2D eigenvalue weighted by molar-refractivity contribution is -0.119. The molecule has 1 fully saturated rings. The Morgan fingerprint density at radius 3 is 2.73 bits per heavy atom. The van der Waals surface area contributed by atoms with E-state index in [0.29, 0.717) is 12.3 Å². The van der Waals surface area contributed by atoms with Gasteiger partial charge in [0.05, 0.1) is 13.2 Å². The van der Waals surface area contributed by atoms with Crippen molar-refractivity contribution in [1.29, 1.82) is 0 Å². The molecule has 2 rings (SSSR count). The first-order chi connectivity index (χ1) is 14.0. The van der Waals surface area contributed by atoms with Gasteiger partial charge in [-0.2, -0.15) is 0 Å². The fourth-order valence-electron chi connectivity index (χ4n) is 4.20. The summed E-state index contributed by atoms with van der Waals surface area (Å²) in [6, 6.07) is 8.49. The predicted molar refractivity (Wildman–Crippen MR) is 134 cm³/mol. The Bertz CT molecular complexity index is 681. The Morgan fingerprint density at radius 2 is 2.13 bits per heavy atom. The number of hydrogen-bond donors (Lipinski definition) is 2. The van der Waals surface area contributed by atoms with Gasteiger partial charge in [0, 0.05) is 33.1 Å². The van der Waals surface area contributed by atoms with E-state index in [1.54, 1.807) is 7.11 Å². The first kappa shape index (κ1) is 26.5. The minimum Gasteiger partial charge on any atom is -0.497 e. The molecule has 1 saturated heterocycles. The molecule has 0 aliphatic carbocycles. The van der Waals surface area contributed by atoms with Crippen LogP contribution in [0.2, 0.25) is 0 Å². The van der Waals surface area contributed by atoms with Gasteiger partial charge in [-0.1, -0.05) is 26.0 Å². The average Bonchev–Trinajstić information content (AvgIpc) is 2.73. The Kier molecular flexibility index (Phi) is 12.1. The van der Waals surface area contributed by atoms with Crippen LogP contribution in [0.15, 0.2) is 29.3 Å². The number of ether oxygens (including phenoxy) is 1. The summed E-state index contributed by atoms with van der Waals surface area (Å²) in [7, 11) is 3.52. The van der Waals surface area contributed by atoms with Crippen LogP contribution in [0.25, 0.3) is 0 Å². The standard InChI is InChI=1S/C22H37N5O2.HI/c1-5-26(6-2)20(18-10-7-11-19(14-18)29-4)15-25-22(24-3)27-12-8-9-17(16-27)13-21(23)28;/h7,10-11,14,17,20H,5-6,8-9,12-13,15-16H2,1-4H3,(H2,23,28)(H,24,25);1H. The van der Waals surface area contributed by atoms with E-state index in [0.717, 1.165) is 57.3 Å². The molecule has 1 aromatic carbocycles. The summed E-state index contributed by atoms with van der Waals surface area (Å²) in [6.07, 6.45) is 2.54. The Labute approximate surface area is 198 Å². The highest BCUT2D eigenvalue weighted by Crippen LogP contribution is 2.24. The number of halogens is 1. The van der Waals surface area contributed by atoms with E-state index in [9.17, 15) is 4.79 Å². The second-order valence-corrected chi connectivity index (χ2v) is 7.57. The van der Waals surface area contributed by atoms with E-state index >= 15 is 0 Å². The molecule has 0 saturated carbocycles. The molecule has 1 amide bonds. The number of aliphatic imine (C=N–C) groups is 1. The monoisotopic (exact) mass is 531 g/mol. The van der Waals surface area contributed by atoms with Gasteiger partial charge in [-0.3, -0.25) is 14.7 Å². The molecule has 0 aromatic heterocycles. The molecule has 30 heavy (non-hydrogen) atoms. The van der Waals surface area contributed by atoms with Crippen molar-refractivity contribution in [2.24, 2.45) is 16.6 Å². The van der Waals surface area contributed by atoms with E-state index in [2.05, 4.69) is 46.1 Å². The van der Waals surface area contributed by atoms with E-state index in [1.165, 1.54) is 5.56 Å². The molecule has 1 aromatic rings. The quantitative estimate of drug-likeness (QED) is 0.291. The molecular formula is C22H38IN5O2. The number of methoxy groups -OCH3 is 1. The molecule has 8 heteroatoms. The zero-order chi connectivity index (χ0) is 21.2. The largest absolute Gasteiger partial charge is 0.497 e. The molecule has 2 atom stereocenters. The van der Waals surface area contributed by atoms with Crippen LogP contribution in [-0.4, -0.2) is 68.5 Å². The fraction of sp³-hybridized carbons (Fsp3) is 0.636. The average molecular weight is 531 g/mol. The van der Waals surface area contributed by atoms with Crippen LogP contribution in [0.3, 0.4) is 0 Å². The van der Waals surface area contributed by atoms with Crippen LogP contribution < -0.4 is 15.8 Å². The first-order valence-corrected chi connectivity index (χ1v) is 10.6. The zero-order valence-corrected chi connectivity index (χ0v) is 21.1. The van der Waals surface area contributed by atoms with E-state index < -0.39 is 0 Å². The topological polar surface area (TPSA) is 83.2 Å². The minimum absolute atomic E-state index is 0. The Balaban J connectivity index is 0.00000450. The van der Waals surface area contributed by atoms with Crippen molar-refractivity contribution >= 4 is 35.8 Å². The maximum atomic E-state index is 11.3. The van der Waals surface area contributed by atoms with Crippen LogP contribution in [0.1, 0.15) is 44.7 Å². The molecular weight excluding hydrogens is 493 g/mol. The smallest absolute Gasteiger partial charge is 0.217 e. The van der Waals surface area contributed by atoms with Gasteiger partial charge in [-0.05, 0) is 49.5 Å². The number of nitrogens with two attached hydrogens (primary N) is 1. The summed E-state index contributed by atoms with van der Waals surface area (Å²) in [5, 5.41) is 3.58. The second-order valence-electron chi connectivity index (χ2n) is 7.57. The lowest BCUT2D eigenvalue weighted by Gasteiger charge is -2.36. The van der Waals surface area contributed by atoms with Gasteiger partial charge >= 0.3 is 0 Å². The normalized spacial score (nSPS) is 18.0. The number of guanidine groups is 1. The van der Waals surface area contributed by atoms with Crippen molar-refractivity contribution < 1.29 is 9.53 Å². The van der Waals surface area contributed by atoms with Crippen molar-refractivity contribution in [2.75, 3.05) is 46.9 Å². The van der Waals surface area contributed by atoms with Gasteiger partial charge in [0.15, 0.2) is 5.96 Å². The number of nitrogens with zero attached hydrogens (tertiary/aromatic N) is 3. The molecule has 7 nitrogen and oxygen atoms in total. The number of rotatable bonds is 9. The predicted octanol–water partition coefficient (Wildman–Crippen LogP) is 2.86.